The van der Waals surface area contributed by atoms with Gasteiger partial charge in [0.05, 0.1) is 0 Å². The summed E-state index contributed by atoms with van der Waals surface area (Å²) in [6, 6.07) is 31.4. The van der Waals surface area contributed by atoms with Gasteiger partial charge in [-0.05, 0) is 54.6 Å². The van der Waals surface area contributed by atoms with Crippen molar-refractivity contribution in [2.75, 3.05) is 0 Å². The molecule has 0 saturated heterocycles. The summed E-state index contributed by atoms with van der Waals surface area (Å²) in [5, 5.41) is 8.13. The lowest BCUT2D eigenvalue weighted by molar-refractivity contribution is 0.651. The van der Waals surface area contributed by atoms with Crippen molar-refractivity contribution in [3.63, 3.8) is 0 Å². The summed E-state index contributed by atoms with van der Waals surface area (Å²) in [6.07, 6.45) is 0. The third-order valence-corrected chi connectivity index (χ3v) is 6.42. The smallest absolute Gasteiger partial charge is 0.0165 e. The van der Waals surface area contributed by atoms with Crippen LogP contribution < -0.4 is 0 Å². The molecule has 0 spiro atoms. The highest BCUT2D eigenvalue weighted by Gasteiger charge is 2.34. The maximum absolute atomic E-state index is 2.38. The first-order valence-electron chi connectivity index (χ1n) is 9.64. The third-order valence-electron chi connectivity index (χ3n) is 6.42. The molecule has 0 N–H and O–H groups in total. The Kier molecular flexibility index (Phi) is 2.77. The minimum atomic E-state index is -0.0365. The van der Waals surface area contributed by atoms with E-state index in [4.69, 9.17) is 0 Å². The minimum absolute atomic E-state index is 0.0365. The topological polar surface area (TPSA) is 0 Å². The first-order valence-corrected chi connectivity index (χ1v) is 9.64. The molecule has 128 valence electrons. The lowest BCUT2D eigenvalue weighted by Crippen LogP contribution is -2.24. The fraction of sp³-hybridized carbons (Fsp3) is 0.111. The zero-order valence-electron chi connectivity index (χ0n) is 15.6. The molecule has 0 fully saturated rings. The predicted molar refractivity (Wildman–Crippen MR) is 117 cm³/mol. The van der Waals surface area contributed by atoms with Gasteiger partial charge in [-0.1, -0.05) is 98.8 Å². The summed E-state index contributed by atoms with van der Waals surface area (Å²) in [5.41, 5.74) is 5.60. The van der Waals surface area contributed by atoms with Crippen LogP contribution in [-0.4, -0.2) is 0 Å². The van der Waals surface area contributed by atoms with Crippen molar-refractivity contribution in [3.8, 4) is 11.1 Å². The van der Waals surface area contributed by atoms with Crippen molar-refractivity contribution in [2.24, 2.45) is 0 Å². The average Bonchev–Trinajstić information content (AvgIpc) is 2.71. The fourth-order valence-electron chi connectivity index (χ4n) is 5.21. The Morgan fingerprint density at radius 2 is 1.26 bits per heavy atom. The van der Waals surface area contributed by atoms with E-state index in [9.17, 15) is 0 Å². The Morgan fingerprint density at radius 3 is 2.15 bits per heavy atom. The number of rotatable bonds is 0. The normalized spacial score (nSPS) is 14.6. The van der Waals surface area contributed by atoms with Crippen molar-refractivity contribution in [2.45, 2.75) is 19.3 Å². The molecule has 5 aromatic rings. The van der Waals surface area contributed by atoms with Crippen LogP contribution in [0.4, 0.5) is 0 Å². The summed E-state index contributed by atoms with van der Waals surface area (Å²) in [5.74, 6) is 0. The Balaban J connectivity index is 1.85. The molecule has 1 aliphatic carbocycles. The second-order valence-electron chi connectivity index (χ2n) is 8.20. The van der Waals surface area contributed by atoms with Crippen LogP contribution in [0.3, 0.4) is 0 Å². The zero-order chi connectivity index (χ0) is 18.2. The maximum atomic E-state index is 2.38. The van der Waals surface area contributed by atoms with E-state index >= 15 is 0 Å². The molecule has 0 nitrogen and oxygen atoms in total. The van der Waals surface area contributed by atoms with Gasteiger partial charge in [0.2, 0.25) is 0 Å². The third kappa shape index (κ3) is 1.83. The van der Waals surface area contributed by atoms with Crippen molar-refractivity contribution < 1.29 is 0 Å². The Hall–Kier alpha value is -3.12. The first-order chi connectivity index (χ1) is 13.2. The molecule has 0 bridgehead atoms. The number of benzene rings is 5. The summed E-state index contributed by atoms with van der Waals surface area (Å²) in [6.45, 7) is 4.76. The van der Waals surface area contributed by atoms with Gasteiger partial charge in [-0.3, -0.25) is 0 Å². The summed E-state index contributed by atoms with van der Waals surface area (Å²) in [7, 11) is 0. The van der Waals surface area contributed by atoms with Gasteiger partial charge >= 0.3 is 0 Å². The highest BCUT2D eigenvalue weighted by Crippen LogP contribution is 2.51. The molecule has 0 amide bonds. The molecular weight excluding hydrogens is 324 g/mol. The Morgan fingerprint density at radius 1 is 0.519 bits per heavy atom. The highest BCUT2D eigenvalue weighted by atomic mass is 14.4. The molecule has 1 aliphatic rings. The van der Waals surface area contributed by atoms with Crippen molar-refractivity contribution in [1.29, 1.82) is 0 Å². The number of hydrogen-bond donors (Lipinski definition) is 0. The summed E-state index contributed by atoms with van der Waals surface area (Å²) >= 11 is 0. The molecule has 0 unspecified atom stereocenters. The SMILES string of the molecule is CC1(C)c2c(ccc3c2ccc2ccccc23)-c2cccc3cccc1c23. The second kappa shape index (κ2) is 4.98. The minimum Gasteiger partial charge on any atom is -0.0616 e. The van der Waals surface area contributed by atoms with Crippen LogP contribution in [0.15, 0.2) is 84.9 Å². The van der Waals surface area contributed by atoms with E-state index in [1.54, 1.807) is 0 Å². The second-order valence-corrected chi connectivity index (χ2v) is 8.20. The largest absolute Gasteiger partial charge is 0.0616 e. The van der Waals surface area contributed by atoms with Gasteiger partial charge < -0.3 is 0 Å². The van der Waals surface area contributed by atoms with Gasteiger partial charge in [0.1, 0.15) is 0 Å². The van der Waals surface area contributed by atoms with E-state index in [1.165, 1.54) is 54.6 Å². The van der Waals surface area contributed by atoms with Gasteiger partial charge in [0.15, 0.2) is 0 Å². The molecule has 5 aromatic carbocycles. The van der Waals surface area contributed by atoms with Crippen LogP contribution in [-0.2, 0) is 5.41 Å². The molecule has 0 heteroatoms. The molecule has 0 aromatic heterocycles. The zero-order valence-corrected chi connectivity index (χ0v) is 15.6. The lowest BCUT2D eigenvalue weighted by atomic mass is 9.67. The number of fused-ring (bicyclic) bond motifs is 6. The highest BCUT2D eigenvalue weighted by molar-refractivity contribution is 6.13. The lowest BCUT2D eigenvalue weighted by Gasteiger charge is -2.36. The Labute approximate surface area is 159 Å². The van der Waals surface area contributed by atoms with E-state index in [-0.39, 0.29) is 5.41 Å². The Bertz CT molecular complexity index is 1380. The standard InChI is InChI=1S/C27H20/c1-27(2)24-12-6-9-18-8-5-11-21(25(18)24)23-16-15-20-19-10-4-3-7-17(19)13-14-22(20)26(23)27/h3-16H,1-2H3. The quantitative estimate of drug-likeness (QED) is 0.256. The van der Waals surface area contributed by atoms with Gasteiger partial charge in [-0.2, -0.15) is 0 Å². The van der Waals surface area contributed by atoms with E-state index in [0.29, 0.717) is 0 Å². The molecule has 0 heterocycles. The number of hydrogen-bond acceptors (Lipinski definition) is 0. The van der Waals surface area contributed by atoms with Crippen LogP contribution in [0.2, 0.25) is 0 Å². The molecule has 27 heavy (non-hydrogen) atoms. The van der Waals surface area contributed by atoms with Crippen LogP contribution in [0, 0.1) is 0 Å². The van der Waals surface area contributed by atoms with Gasteiger partial charge in [-0.25, -0.2) is 0 Å². The van der Waals surface area contributed by atoms with Crippen LogP contribution in [0.5, 0.6) is 0 Å². The molecular formula is C27H20. The molecule has 0 aliphatic heterocycles. The van der Waals surface area contributed by atoms with E-state index < -0.39 is 0 Å². The summed E-state index contributed by atoms with van der Waals surface area (Å²) in [4.78, 5) is 0. The predicted octanol–water partition coefficient (Wildman–Crippen LogP) is 7.45. The molecule has 6 rings (SSSR count). The molecule has 0 radical (unpaired) electrons. The van der Waals surface area contributed by atoms with E-state index in [0.717, 1.165) is 0 Å². The molecule has 0 saturated carbocycles. The summed E-state index contributed by atoms with van der Waals surface area (Å²) < 4.78 is 0. The average molecular weight is 344 g/mol. The van der Waals surface area contributed by atoms with Crippen molar-refractivity contribution in [1.82, 2.24) is 0 Å². The van der Waals surface area contributed by atoms with Gasteiger partial charge in [-0.15, -0.1) is 0 Å². The van der Waals surface area contributed by atoms with Gasteiger partial charge in [0, 0.05) is 5.41 Å². The van der Waals surface area contributed by atoms with Crippen LogP contribution in [0.1, 0.15) is 25.0 Å². The van der Waals surface area contributed by atoms with Crippen LogP contribution in [0.25, 0.3) is 43.4 Å². The first kappa shape index (κ1) is 15.0. The van der Waals surface area contributed by atoms with Crippen molar-refractivity contribution >= 4 is 32.3 Å². The maximum Gasteiger partial charge on any atom is 0.0165 e. The van der Waals surface area contributed by atoms with Crippen LogP contribution >= 0.6 is 0 Å². The monoisotopic (exact) mass is 344 g/mol. The van der Waals surface area contributed by atoms with Gasteiger partial charge in [0.25, 0.3) is 0 Å². The van der Waals surface area contributed by atoms with E-state index in [2.05, 4.69) is 98.8 Å². The van der Waals surface area contributed by atoms with Crippen molar-refractivity contribution in [3.05, 3.63) is 96.1 Å². The molecule has 0 atom stereocenters. The fourth-order valence-corrected chi connectivity index (χ4v) is 5.21. The van der Waals surface area contributed by atoms with E-state index in [1.807, 2.05) is 0 Å².